The molecule has 0 aliphatic carbocycles. The van der Waals surface area contributed by atoms with Crippen LogP contribution in [-0.2, 0) is 0 Å². The van der Waals surface area contributed by atoms with Gasteiger partial charge in [0, 0.05) is 13.3 Å². The van der Waals surface area contributed by atoms with Crippen molar-refractivity contribution in [1.29, 1.82) is 0 Å². The Kier molecular flexibility index (Phi) is 10.5. The Hall–Kier alpha value is -0.670. The zero-order chi connectivity index (χ0) is 17.0. The van der Waals surface area contributed by atoms with Gasteiger partial charge in [-0.25, -0.2) is 4.99 Å². The second-order valence-electron chi connectivity index (χ2n) is 6.92. The predicted octanol–water partition coefficient (Wildman–Crippen LogP) is 5.05. The van der Waals surface area contributed by atoms with Crippen LogP contribution in [0.4, 0.5) is 0 Å². The molecule has 3 nitrogen and oxygen atoms in total. The Balaban J connectivity index is 2.09. The predicted molar refractivity (Wildman–Crippen MR) is 101 cm³/mol. The summed E-state index contributed by atoms with van der Waals surface area (Å²) in [7, 11) is 0. The van der Waals surface area contributed by atoms with Gasteiger partial charge < -0.3 is 5.11 Å². The molecule has 0 aromatic rings. The van der Waals surface area contributed by atoms with E-state index in [1.54, 1.807) is 0 Å². The van der Waals surface area contributed by atoms with Gasteiger partial charge in [0.25, 0.3) is 0 Å². The molecule has 0 aromatic heterocycles. The highest BCUT2D eigenvalue weighted by Gasteiger charge is 2.40. The first-order chi connectivity index (χ1) is 11.2. The van der Waals surface area contributed by atoms with Gasteiger partial charge in [0.1, 0.15) is 6.54 Å². The number of nitrogens with zero attached hydrogens (tertiary/aromatic N) is 2. The second kappa shape index (κ2) is 11.8. The molecule has 2 atom stereocenters. The summed E-state index contributed by atoms with van der Waals surface area (Å²) in [6.45, 7) is 9.16. The smallest absolute Gasteiger partial charge is 0.200 e. The third-order valence-electron chi connectivity index (χ3n) is 5.25. The quantitative estimate of drug-likeness (QED) is 0.287. The molecular weight excluding hydrogens is 284 g/mol. The lowest BCUT2D eigenvalue weighted by atomic mass is 10.1. The molecular formula is C20H39N2O+. The van der Waals surface area contributed by atoms with Crippen LogP contribution in [0.3, 0.4) is 0 Å². The third-order valence-corrected chi connectivity index (χ3v) is 5.25. The van der Waals surface area contributed by atoms with Crippen molar-refractivity contribution in [3.63, 3.8) is 0 Å². The molecule has 1 heterocycles. The van der Waals surface area contributed by atoms with Crippen LogP contribution in [0.1, 0.15) is 85.0 Å². The molecule has 1 aliphatic heterocycles. The molecule has 3 heteroatoms. The molecule has 0 saturated heterocycles. The Labute approximate surface area is 144 Å². The number of unbranched alkanes of at least 4 members (excludes halogenated alkanes) is 7. The number of aliphatic hydroxyl groups is 1. The molecule has 0 spiro atoms. The van der Waals surface area contributed by atoms with Crippen LogP contribution < -0.4 is 0 Å². The monoisotopic (exact) mass is 323 g/mol. The minimum Gasteiger partial charge on any atom is -0.345 e. The van der Waals surface area contributed by atoms with Crippen LogP contribution in [-0.4, -0.2) is 41.3 Å². The molecule has 134 valence electrons. The third kappa shape index (κ3) is 6.76. The van der Waals surface area contributed by atoms with E-state index < -0.39 is 0 Å². The molecule has 0 amide bonds. The fourth-order valence-electron chi connectivity index (χ4n) is 3.58. The summed E-state index contributed by atoms with van der Waals surface area (Å²) in [5.41, 5.74) is 0. The molecule has 0 aromatic carbocycles. The van der Waals surface area contributed by atoms with Crippen molar-refractivity contribution in [2.45, 2.75) is 91.2 Å². The molecule has 1 N–H and O–H groups in total. The van der Waals surface area contributed by atoms with Gasteiger partial charge in [0.15, 0.2) is 6.23 Å². The van der Waals surface area contributed by atoms with Crippen molar-refractivity contribution in [3.05, 3.63) is 12.2 Å². The van der Waals surface area contributed by atoms with Crippen LogP contribution in [0.25, 0.3) is 0 Å². The van der Waals surface area contributed by atoms with E-state index in [0.717, 1.165) is 26.1 Å². The molecule has 1 aliphatic rings. The first kappa shape index (κ1) is 20.4. The van der Waals surface area contributed by atoms with Gasteiger partial charge in [-0.05, 0) is 39.0 Å². The zero-order valence-corrected chi connectivity index (χ0v) is 15.8. The van der Waals surface area contributed by atoms with Gasteiger partial charge in [0.2, 0.25) is 5.84 Å². The zero-order valence-electron chi connectivity index (χ0n) is 15.8. The average molecular weight is 324 g/mol. The lowest BCUT2D eigenvalue weighted by molar-refractivity contribution is -0.882. The number of hydrogen-bond donors (Lipinski definition) is 1. The summed E-state index contributed by atoms with van der Waals surface area (Å²) in [4.78, 5) is 4.68. The van der Waals surface area contributed by atoms with Crippen LogP contribution in [0, 0.1) is 0 Å². The van der Waals surface area contributed by atoms with E-state index in [9.17, 15) is 5.11 Å². The average Bonchev–Trinajstić information content (AvgIpc) is 2.97. The van der Waals surface area contributed by atoms with Crippen LogP contribution in [0.5, 0.6) is 0 Å². The highest BCUT2D eigenvalue weighted by Crippen LogP contribution is 2.22. The topological polar surface area (TPSA) is 32.6 Å². The number of allylic oxidation sites excluding steroid dienone is 2. The molecule has 0 fully saturated rings. The Morgan fingerprint density at radius 2 is 1.70 bits per heavy atom. The van der Waals surface area contributed by atoms with Crippen LogP contribution >= 0.6 is 0 Å². The maximum atomic E-state index is 10.1. The van der Waals surface area contributed by atoms with Crippen LogP contribution in [0.2, 0.25) is 0 Å². The molecule has 1 rings (SSSR count). The summed E-state index contributed by atoms with van der Waals surface area (Å²) < 4.78 is 0.709. The summed E-state index contributed by atoms with van der Waals surface area (Å²) in [5, 5.41) is 10.1. The summed E-state index contributed by atoms with van der Waals surface area (Å²) >= 11 is 0. The Bertz CT molecular complexity index is 363. The van der Waals surface area contributed by atoms with E-state index in [0.29, 0.717) is 4.48 Å². The number of hydrogen-bond acceptors (Lipinski definition) is 2. The number of likely N-dealkylation sites (N-methyl/N-ethyl adjacent to an activating group) is 1. The van der Waals surface area contributed by atoms with Crippen molar-refractivity contribution in [3.8, 4) is 0 Å². The largest absolute Gasteiger partial charge is 0.345 e. The van der Waals surface area contributed by atoms with Gasteiger partial charge in [0.05, 0.1) is 13.1 Å². The van der Waals surface area contributed by atoms with Gasteiger partial charge >= 0.3 is 0 Å². The maximum absolute atomic E-state index is 10.1. The van der Waals surface area contributed by atoms with E-state index >= 15 is 0 Å². The van der Waals surface area contributed by atoms with E-state index in [2.05, 4.69) is 31.0 Å². The van der Waals surface area contributed by atoms with E-state index in [4.69, 9.17) is 0 Å². The summed E-state index contributed by atoms with van der Waals surface area (Å²) in [5.74, 6) is 1.23. The number of aliphatic imine (C=N–C) groups is 1. The number of rotatable bonds is 13. The van der Waals surface area contributed by atoms with Crippen molar-refractivity contribution in [1.82, 2.24) is 0 Å². The second-order valence-corrected chi connectivity index (χ2v) is 6.92. The summed E-state index contributed by atoms with van der Waals surface area (Å²) in [6.07, 6.45) is 17.1. The number of aliphatic hydroxyl groups excluding tert-OH is 1. The Morgan fingerprint density at radius 3 is 2.30 bits per heavy atom. The lowest BCUT2D eigenvalue weighted by Crippen LogP contribution is -2.56. The van der Waals surface area contributed by atoms with Crippen LogP contribution in [0.15, 0.2) is 17.1 Å². The van der Waals surface area contributed by atoms with Gasteiger partial charge in [-0.15, -0.1) is 0 Å². The van der Waals surface area contributed by atoms with Crippen molar-refractivity contribution < 1.29 is 9.59 Å². The SMILES string of the molecule is CCCCC/C=C/CCCCCCC1=NCC[N+]1(CC)C(C)O. The standard InChI is InChI=1S/C20H39N2O/c1-4-6-7-8-9-10-11-12-13-14-15-16-20-21-17-18-22(20,5-2)19(3)23/h9-10,19,23H,4-8,11-18H2,1-3H3/q+1/b10-9+. The number of amidine groups is 1. The minimum absolute atomic E-state index is 0.320. The van der Waals surface area contributed by atoms with Crippen molar-refractivity contribution >= 4 is 5.84 Å². The maximum Gasteiger partial charge on any atom is 0.200 e. The Morgan fingerprint density at radius 1 is 1.04 bits per heavy atom. The van der Waals surface area contributed by atoms with Gasteiger partial charge in [-0.2, -0.15) is 0 Å². The fraction of sp³-hybridized carbons (Fsp3) is 0.850. The molecule has 0 bridgehead atoms. The fourth-order valence-corrected chi connectivity index (χ4v) is 3.58. The highest BCUT2D eigenvalue weighted by atomic mass is 16.3. The molecule has 23 heavy (non-hydrogen) atoms. The van der Waals surface area contributed by atoms with E-state index in [1.807, 2.05) is 6.92 Å². The first-order valence-electron chi connectivity index (χ1n) is 9.91. The normalized spacial score (nSPS) is 22.7. The van der Waals surface area contributed by atoms with Gasteiger partial charge in [-0.3, -0.25) is 4.48 Å². The minimum atomic E-state index is -0.320. The van der Waals surface area contributed by atoms with Crippen molar-refractivity contribution in [2.75, 3.05) is 19.6 Å². The highest BCUT2D eigenvalue weighted by molar-refractivity contribution is 5.76. The number of quaternary nitrogens is 1. The lowest BCUT2D eigenvalue weighted by Gasteiger charge is -2.36. The molecule has 2 unspecified atom stereocenters. The van der Waals surface area contributed by atoms with E-state index in [1.165, 1.54) is 63.6 Å². The van der Waals surface area contributed by atoms with Gasteiger partial charge in [-0.1, -0.05) is 44.8 Å². The first-order valence-corrected chi connectivity index (χ1v) is 9.91. The van der Waals surface area contributed by atoms with Crippen molar-refractivity contribution in [2.24, 2.45) is 4.99 Å². The molecule has 0 radical (unpaired) electrons. The van der Waals surface area contributed by atoms with E-state index in [-0.39, 0.29) is 6.23 Å². The molecule has 0 saturated carbocycles. The summed E-state index contributed by atoms with van der Waals surface area (Å²) in [6, 6.07) is 0.